The highest BCUT2D eigenvalue weighted by atomic mass is 16.5. The summed E-state index contributed by atoms with van der Waals surface area (Å²) in [6.45, 7) is 5.01. The van der Waals surface area contributed by atoms with E-state index < -0.39 is 0 Å². The number of benzene rings is 2. The van der Waals surface area contributed by atoms with Crippen LogP contribution >= 0.6 is 0 Å². The third kappa shape index (κ3) is 4.16. The highest BCUT2D eigenvalue weighted by Gasteiger charge is 2.19. The summed E-state index contributed by atoms with van der Waals surface area (Å²) in [4.78, 5) is 0. The lowest BCUT2D eigenvalue weighted by Crippen LogP contribution is -2.15. The summed E-state index contributed by atoms with van der Waals surface area (Å²) in [7, 11) is 0. The Hall–Kier alpha value is -1.76. The van der Waals surface area contributed by atoms with Gasteiger partial charge < -0.3 is 4.74 Å². The molecule has 0 amide bonds. The van der Waals surface area contributed by atoms with Gasteiger partial charge in [0, 0.05) is 0 Å². The van der Waals surface area contributed by atoms with Crippen LogP contribution in [0.5, 0.6) is 5.75 Å². The second-order valence-corrected chi connectivity index (χ2v) is 6.68. The quantitative estimate of drug-likeness (QED) is 0.695. The molecule has 0 saturated carbocycles. The maximum atomic E-state index is 5.62. The van der Waals surface area contributed by atoms with Crippen LogP contribution in [0.4, 0.5) is 0 Å². The van der Waals surface area contributed by atoms with E-state index in [0.29, 0.717) is 0 Å². The van der Waals surface area contributed by atoms with Gasteiger partial charge in [-0.2, -0.15) is 0 Å². The third-order valence-corrected chi connectivity index (χ3v) is 5.09. The number of rotatable bonds is 6. The fraction of sp³-hybridized carbons (Fsp3) is 0.455. The molecule has 0 bridgehead atoms. The summed E-state index contributed by atoms with van der Waals surface area (Å²) in [5.41, 5.74) is 5.95. The molecule has 23 heavy (non-hydrogen) atoms. The lowest BCUT2D eigenvalue weighted by atomic mass is 9.81. The van der Waals surface area contributed by atoms with E-state index in [0.717, 1.165) is 24.7 Å². The molecule has 0 aliphatic heterocycles. The van der Waals surface area contributed by atoms with Crippen LogP contribution in [0.1, 0.15) is 48.9 Å². The van der Waals surface area contributed by atoms with Gasteiger partial charge in [-0.05, 0) is 85.8 Å². The Labute approximate surface area is 140 Å². The standard InChI is InChI=1S/C22H28O/c1-3-17-5-7-18(8-6-17)9-10-19-11-12-21-16-22(23-4-2)14-13-20(21)15-19/h5-8,13-14,16,19H,3-4,9-12,15H2,1-2H3. The van der Waals surface area contributed by atoms with Crippen molar-refractivity contribution in [2.75, 3.05) is 6.61 Å². The van der Waals surface area contributed by atoms with Gasteiger partial charge in [-0.1, -0.05) is 37.3 Å². The summed E-state index contributed by atoms with van der Waals surface area (Å²) in [5, 5.41) is 0. The van der Waals surface area contributed by atoms with Crippen molar-refractivity contribution in [2.24, 2.45) is 5.92 Å². The summed E-state index contributed by atoms with van der Waals surface area (Å²) >= 11 is 0. The molecule has 1 atom stereocenters. The molecular weight excluding hydrogens is 280 g/mol. The van der Waals surface area contributed by atoms with Crippen molar-refractivity contribution in [3.8, 4) is 5.75 Å². The number of aryl methyl sites for hydroxylation is 3. The molecule has 2 aromatic rings. The normalized spacial score (nSPS) is 16.9. The molecule has 0 spiro atoms. The van der Waals surface area contributed by atoms with Crippen molar-refractivity contribution in [2.45, 2.75) is 52.4 Å². The largest absolute Gasteiger partial charge is 0.494 e. The van der Waals surface area contributed by atoms with E-state index in [1.54, 1.807) is 0 Å². The van der Waals surface area contributed by atoms with Crippen LogP contribution in [-0.2, 0) is 25.7 Å². The first-order chi connectivity index (χ1) is 11.3. The Morgan fingerprint density at radius 1 is 0.957 bits per heavy atom. The Kier molecular flexibility index (Phi) is 5.38. The van der Waals surface area contributed by atoms with E-state index in [-0.39, 0.29) is 0 Å². The van der Waals surface area contributed by atoms with Crippen molar-refractivity contribution in [1.29, 1.82) is 0 Å². The van der Waals surface area contributed by atoms with Crippen molar-refractivity contribution in [3.05, 3.63) is 64.7 Å². The Morgan fingerprint density at radius 3 is 2.48 bits per heavy atom. The molecule has 0 radical (unpaired) electrons. The minimum absolute atomic E-state index is 0.748. The van der Waals surface area contributed by atoms with E-state index >= 15 is 0 Å². The summed E-state index contributed by atoms with van der Waals surface area (Å²) in [5.74, 6) is 1.85. The van der Waals surface area contributed by atoms with Crippen molar-refractivity contribution in [1.82, 2.24) is 0 Å². The Bertz CT molecular complexity index is 627. The van der Waals surface area contributed by atoms with Crippen LogP contribution in [0.15, 0.2) is 42.5 Å². The molecule has 0 aromatic heterocycles. The minimum Gasteiger partial charge on any atom is -0.494 e. The molecule has 1 aliphatic rings. The van der Waals surface area contributed by atoms with Crippen LogP contribution in [-0.4, -0.2) is 6.61 Å². The van der Waals surface area contributed by atoms with Crippen LogP contribution in [0.25, 0.3) is 0 Å². The van der Waals surface area contributed by atoms with Crippen molar-refractivity contribution in [3.63, 3.8) is 0 Å². The second kappa shape index (κ2) is 7.68. The first kappa shape index (κ1) is 16.1. The number of fused-ring (bicyclic) bond motifs is 1. The maximum absolute atomic E-state index is 5.62. The van der Waals surface area contributed by atoms with Gasteiger partial charge in [-0.25, -0.2) is 0 Å². The molecule has 1 unspecified atom stereocenters. The molecule has 1 aliphatic carbocycles. The molecule has 3 rings (SSSR count). The average molecular weight is 308 g/mol. The van der Waals surface area contributed by atoms with Crippen molar-refractivity contribution >= 4 is 0 Å². The maximum Gasteiger partial charge on any atom is 0.119 e. The number of hydrogen-bond acceptors (Lipinski definition) is 1. The number of hydrogen-bond donors (Lipinski definition) is 0. The van der Waals surface area contributed by atoms with Crippen LogP contribution in [0.2, 0.25) is 0 Å². The van der Waals surface area contributed by atoms with Gasteiger partial charge in [0.05, 0.1) is 6.61 Å². The van der Waals surface area contributed by atoms with Gasteiger partial charge in [0.15, 0.2) is 0 Å². The smallest absolute Gasteiger partial charge is 0.119 e. The van der Waals surface area contributed by atoms with E-state index in [4.69, 9.17) is 4.74 Å². The zero-order valence-corrected chi connectivity index (χ0v) is 14.5. The molecule has 0 heterocycles. The van der Waals surface area contributed by atoms with Crippen LogP contribution in [0.3, 0.4) is 0 Å². The third-order valence-electron chi connectivity index (χ3n) is 5.09. The summed E-state index contributed by atoms with van der Waals surface area (Å²) in [6.07, 6.45) is 7.39. The van der Waals surface area contributed by atoms with Gasteiger partial charge in [-0.15, -0.1) is 0 Å². The SMILES string of the molecule is CCOc1ccc2c(c1)CCC(CCc1ccc(CC)cc1)C2. The van der Waals surface area contributed by atoms with Gasteiger partial charge in [0.1, 0.15) is 5.75 Å². The predicted molar refractivity (Wildman–Crippen MR) is 97.3 cm³/mol. The molecule has 1 nitrogen and oxygen atoms in total. The fourth-order valence-electron chi connectivity index (χ4n) is 3.62. The molecule has 2 aromatic carbocycles. The lowest BCUT2D eigenvalue weighted by Gasteiger charge is -2.25. The molecule has 0 fully saturated rings. The van der Waals surface area contributed by atoms with E-state index in [1.807, 2.05) is 6.92 Å². The average Bonchev–Trinajstić information content (AvgIpc) is 2.60. The van der Waals surface area contributed by atoms with Crippen LogP contribution < -0.4 is 4.74 Å². The summed E-state index contributed by atoms with van der Waals surface area (Å²) < 4.78 is 5.62. The first-order valence-corrected chi connectivity index (χ1v) is 9.11. The zero-order valence-electron chi connectivity index (χ0n) is 14.5. The van der Waals surface area contributed by atoms with Crippen molar-refractivity contribution < 1.29 is 4.74 Å². The predicted octanol–water partition coefficient (Wildman–Crippen LogP) is 5.39. The Balaban J connectivity index is 1.56. The monoisotopic (exact) mass is 308 g/mol. The summed E-state index contributed by atoms with van der Waals surface area (Å²) in [6, 6.07) is 15.8. The van der Waals surface area contributed by atoms with E-state index in [1.165, 1.54) is 54.4 Å². The van der Waals surface area contributed by atoms with Gasteiger partial charge in [-0.3, -0.25) is 0 Å². The second-order valence-electron chi connectivity index (χ2n) is 6.68. The topological polar surface area (TPSA) is 9.23 Å². The lowest BCUT2D eigenvalue weighted by molar-refractivity contribution is 0.338. The van der Waals surface area contributed by atoms with Crippen LogP contribution in [0, 0.1) is 5.92 Å². The zero-order chi connectivity index (χ0) is 16.1. The molecule has 0 saturated heterocycles. The molecule has 0 N–H and O–H groups in total. The molecular formula is C22H28O. The van der Waals surface area contributed by atoms with Gasteiger partial charge in [0.2, 0.25) is 0 Å². The molecule has 122 valence electrons. The number of ether oxygens (including phenoxy) is 1. The highest BCUT2D eigenvalue weighted by molar-refractivity contribution is 5.37. The minimum atomic E-state index is 0.748. The Morgan fingerprint density at radius 2 is 1.74 bits per heavy atom. The molecule has 1 heteroatoms. The van der Waals surface area contributed by atoms with E-state index in [2.05, 4.69) is 49.4 Å². The highest BCUT2D eigenvalue weighted by Crippen LogP contribution is 2.31. The van der Waals surface area contributed by atoms with E-state index in [9.17, 15) is 0 Å². The fourth-order valence-corrected chi connectivity index (χ4v) is 3.62. The first-order valence-electron chi connectivity index (χ1n) is 9.11. The van der Waals surface area contributed by atoms with Gasteiger partial charge >= 0.3 is 0 Å². The van der Waals surface area contributed by atoms with Gasteiger partial charge in [0.25, 0.3) is 0 Å².